The van der Waals surface area contributed by atoms with Crippen LogP contribution in [0.5, 0.6) is 0 Å². The maximum atomic E-state index is 10.7. The number of piperidine rings is 1. The molecule has 0 aliphatic carbocycles. The first kappa shape index (κ1) is 9.58. The van der Waals surface area contributed by atoms with Gasteiger partial charge in [0.2, 0.25) is 0 Å². The van der Waals surface area contributed by atoms with Crippen LogP contribution in [0.3, 0.4) is 0 Å². The first-order chi connectivity index (χ1) is 5.00. The van der Waals surface area contributed by atoms with Gasteiger partial charge in [0.1, 0.15) is 0 Å². The molecular weight excluding hydrogens is 209 g/mol. The van der Waals surface area contributed by atoms with Crippen LogP contribution in [0.25, 0.3) is 0 Å². The Balaban J connectivity index is 2.53. The summed E-state index contributed by atoms with van der Waals surface area (Å²) in [6.07, 6.45) is 1.38. The Morgan fingerprint density at radius 1 is 1.27 bits per heavy atom. The van der Waals surface area contributed by atoms with Gasteiger partial charge in [-0.3, -0.25) is 0 Å². The van der Waals surface area contributed by atoms with E-state index >= 15 is 0 Å². The van der Waals surface area contributed by atoms with Crippen molar-refractivity contribution in [3.05, 3.63) is 0 Å². The minimum Gasteiger partial charge on any atom is -0.195 e. The van der Waals surface area contributed by atoms with Gasteiger partial charge in [-0.05, 0) is 12.8 Å². The molecular formula is C5H9Cl2NO2S. The number of rotatable bonds is 1. The third-order valence-electron chi connectivity index (χ3n) is 1.69. The zero-order chi connectivity index (χ0) is 8.48. The van der Waals surface area contributed by atoms with Crippen molar-refractivity contribution in [2.75, 3.05) is 13.1 Å². The van der Waals surface area contributed by atoms with Crippen molar-refractivity contribution in [1.82, 2.24) is 4.31 Å². The van der Waals surface area contributed by atoms with Gasteiger partial charge in [0.15, 0.2) is 0 Å². The molecule has 0 aromatic heterocycles. The zero-order valence-corrected chi connectivity index (χ0v) is 8.16. The minimum absolute atomic E-state index is 0.102. The lowest BCUT2D eigenvalue weighted by atomic mass is 10.2. The fourth-order valence-electron chi connectivity index (χ4n) is 1.04. The van der Waals surface area contributed by atoms with E-state index in [1.807, 2.05) is 0 Å². The van der Waals surface area contributed by atoms with Crippen LogP contribution in [0, 0.1) is 0 Å². The number of hydrogen-bond donors (Lipinski definition) is 0. The second-order valence-corrected chi connectivity index (χ2v) is 5.64. The van der Waals surface area contributed by atoms with Gasteiger partial charge in [-0.1, -0.05) is 0 Å². The molecule has 0 spiro atoms. The van der Waals surface area contributed by atoms with Crippen molar-refractivity contribution in [2.24, 2.45) is 0 Å². The predicted molar refractivity (Wildman–Crippen MR) is 45.2 cm³/mol. The number of hydrogen-bond acceptors (Lipinski definition) is 2. The van der Waals surface area contributed by atoms with Gasteiger partial charge in [0.25, 0.3) is 9.24 Å². The van der Waals surface area contributed by atoms with Crippen molar-refractivity contribution < 1.29 is 8.42 Å². The lowest BCUT2D eigenvalue weighted by Crippen LogP contribution is -2.36. The molecule has 0 N–H and O–H groups in total. The summed E-state index contributed by atoms with van der Waals surface area (Å²) < 4.78 is 22.7. The summed E-state index contributed by atoms with van der Waals surface area (Å²) >= 11 is 5.77. The van der Waals surface area contributed by atoms with E-state index in [9.17, 15) is 8.42 Å². The van der Waals surface area contributed by atoms with Gasteiger partial charge >= 0.3 is 0 Å². The quantitative estimate of drug-likeness (QED) is 0.489. The molecule has 1 heterocycles. The van der Waals surface area contributed by atoms with E-state index < -0.39 is 9.24 Å². The average molecular weight is 218 g/mol. The molecule has 0 saturated carbocycles. The molecule has 1 rings (SSSR count). The zero-order valence-electron chi connectivity index (χ0n) is 5.83. The summed E-state index contributed by atoms with van der Waals surface area (Å²) in [6, 6.07) is 0. The van der Waals surface area contributed by atoms with E-state index in [1.165, 1.54) is 4.31 Å². The molecule has 0 bridgehead atoms. The molecule has 1 aliphatic heterocycles. The lowest BCUT2D eigenvalue weighted by molar-refractivity contribution is 0.357. The molecule has 0 unspecified atom stereocenters. The van der Waals surface area contributed by atoms with Crippen molar-refractivity contribution in [3.8, 4) is 0 Å². The largest absolute Gasteiger partial charge is 0.299 e. The monoisotopic (exact) mass is 217 g/mol. The van der Waals surface area contributed by atoms with E-state index in [4.69, 9.17) is 22.3 Å². The molecule has 1 aliphatic rings. The molecule has 3 nitrogen and oxygen atoms in total. The van der Waals surface area contributed by atoms with Crippen LogP contribution < -0.4 is 0 Å². The van der Waals surface area contributed by atoms with Crippen molar-refractivity contribution in [3.63, 3.8) is 0 Å². The molecule has 1 fully saturated rings. The highest BCUT2D eigenvalue weighted by Gasteiger charge is 2.24. The fourth-order valence-corrected chi connectivity index (χ4v) is 2.30. The van der Waals surface area contributed by atoms with Crippen molar-refractivity contribution >= 4 is 31.5 Å². The molecule has 0 atom stereocenters. The molecule has 0 amide bonds. The van der Waals surface area contributed by atoms with Crippen LogP contribution in [0.4, 0.5) is 0 Å². The highest BCUT2D eigenvalue weighted by atomic mass is 35.7. The third-order valence-corrected chi connectivity index (χ3v) is 3.70. The Morgan fingerprint density at radius 3 is 2.09 bits per heavy atom. The van der Waals surface area contributed by atoms with Crippen LogP contribution in [-0.2, 0) is 9.24 Å². The first-order valence-corrected chi connectivity index (χ1v) is 6.04. The summed E-state index contributed by atoms with van der Waals surface area (Å²) in [7, 11) is 1.61. The highest BCUT2D eigenvalue weighted by Crippen LogP contribution is 2.19. The smallest absolute Gasteiger partial charge is 0.195 e. The number of halogens is 2. The molecule has 0 aromatic carbocycles. The molecule has 1 saturated heterocycles. The first-order valence-electron chi connectivity index (χ1n) is 3.34. The SMILES string of the molecule is O=S(=O)(Cl)N1CCC(Cl)CC1. The summed E-state index contributed by atoms with van der Waals surface area (Å²) in [5.74, 6) is 0. The van der Waals surface area contributed by atoms with Gasteiger partial charge in [-0.25, -0.2) is 0 Å². The number of nitrogens with zero attached hydrogens (tertiary/aromatic N) is 1. The van der Waals surface area contributed by atoms with E-state index in [0.29, 0.717) is 25.9 Å². The second kappa shape index (κ2) is 3.47. The normalized spacial score (nSPS) is 23.8. The molecule has 6 heteroatoms. The maximum Gasteiger partial charge on any atom is 0.299 e. The van der Waals surface area contributed by atoms with Gasteiger partial charge in [0, 0.05) is 29.1 Å². The fraction of sp³-hybridized carbons (Fsp3) is 1.00. The molecule has 0 radical (unpaired) electrons. The van der Waals surface area contributed by atoms with Crippen LogP contribution in [0.15, 0.2) is 0 Å². The topological polar surface area (TPSA) is 37.4 Å². The Kier molecular flexibility index (Phi) is 3.02. The Hall–Kier alpha value is 0.490. The number of alkyl halides is 1. The van der Waals surface area contributed by atoms with Gasteiger partial charge in [-0.15, -0.1) is 11.6 Å². The van der Waals surface area contributed by atoms with Crippen LogP contribution in [0.1, 0.15) is 12.8 Å². The van der Waals surface area contributed by atoms with E-state index in [1.54, 1.807) is 0 Å². The summed E-state index contributed by atoms with van der Waals surface area (Å²) in [6.45, 7) is 0.889. The van der Waals surface area contributed by atoms with Crippen LogP contribution >= 0.6 is 22.3 Å². The third kappa shape index (κ3) is 2.78. The molecule has 11 heavy (non-hydrogen) atoms. The van der Waals surface area contributed by atoms with Crippen LogP contribution in [0.2, 0.25) is 0 Å². The minimum atomic E-state index is -3.50. The average Bonchev–Trinajstić information content (AvgIpc) is 1.86. The lowest BCUT2D eigenvalue weighted by Gasteiger charge is -2.25. The Labute approximate surface area is 75.8 Å². The maximum absolute atomic E-state index is 10.7. The van der Waals surface area contributed by atoms with Crippen molar-refractivity contribution in [1.29, 1.82) is 0 Å². The van der Waals surface area contributed by atoms with Gasteiger partial charge in [0.05, 0.1) is 0 Å². The summed E-state index contributed by atoms with van der Waals surface area (Å²) in [4.78, 5) is 0. The van der Waals surface area contributed by atoms with E-state index in [0.717, 1.165) is 0 Å². The standard InChI is InChI=1S/C5H9Cl2NO2S/c6-5-1-3-8(4-2-5)11(7,9)10/h5H,1-4H2. The summed E-state index contributed by atoms with van der Waals surface area (Å²) in [5.41, 5.74) is 0. The van der Waals surface area contributed by atoms with Crippen molar-refractivity contribution in [2.45, 2.75) is 18.2 Å². The summed E-state index contributed by atoms with van der Waals surface area (Å²) in [5, 5.41) is 0.102. The Bertz CT molecular complexity index is 221. The van der Waals surface area contributed by atoms with Crippen LogP contribution in [-0.4, -0.2) is 31.2 Å². The molecule has 0 aromatic rings. The van der Waals surface area contributed by atoms with E-state index in [2.05, 4.69) is 0 Å². The second-order valence-electron chi connectivity index (χ2n) is 2.52. The van der Waals surface area contributed by atoms with E-state index in [-0.39, 0.29) is 5.38 Å². The van der Waals surface area contributed by atoms with Gasteiger partial charge in [-0.2, -0.15) is 12.7 Å². The molecule has 66 valence electrons. The van der Waals surface area contributed by atoms with Gasteiger partial charge < -0.3 is 0 Å². The Morgan fingerprint density at radius 2 is 1.73 bits per heavy atom. The predicted octanol–water partition coefficient (Wildman–Crippen LogP) is 1.17. The highest BCUT2D eigenvalue weighted by molar-refractivity contribution is 8.11.